The minimum Gasteiger partial charge on any atom is -0.472 e. The van der Waals surface area contributed by atoms with Gasteiger partial charge in [0.2, 0.25) is 10.0 Å². The Hall–Kier alpha value is -1.86. The van der Waals surface area contributed by atoms with Crippen molar-refractivity contribution in [3.8, 4) is 0 Å². The fraction of sp³-hybridized carbons (Fsp3) is 0.100. The molecule has 0 amide bonds. The average Bonchev–Trinajstić information content (AvgIpc) is 2.79. The van der Waals surface area contributed by atoms with Crippen molar-refractivity contribution in [3.05, 3.63) is 42.5 Å². The van der Waals surface area contributed by atoms with Gasteiger partial charge in [0.25, 0.3) is 0 Å². The second kappa shape index (κ2) is 4.56. The summed E-state index contributed by atoms with van der Waals surface area (Å²) in [6.45, 7) is 0.168. The number of hydrogen-bond donors (Lipinski definition) is 2. The van der Waals surface area contributed by atoms with E-state index < -0.39 is 10.0 Å². The summed E-state index contributed by atoms with van der Waals surface area (Å²) in [5.41, 5.74) is 6.17. The lowest BCUT2D eigenvalue weighted by Gasteiger charge is -2.05. The first-order chi connectivity index (χ1) is 8.08. The summed E-state index contributed by atoms with van der Waals surface area (Å²) in [6.07, 6.45) is 4.30. The van der Waals surface area contributed by atoms with Crippen LogP contribution in [0.15, 0.2) is 46.2 Å². The molecule has 0 fully saturated rings. The maximum atomic E-state index is 11.9. The highest BCUT2D eigenvalue weighted by molar-refractivity contribution is 7.89. The molecule has 0 radical (unpaired) electrons. The van der Waals surface area contributed by atoms with Gasteiger partial charge >= 0.3 is 0 Å². The van der Waals surface area contributed by atoms with Gasteiger partial charge in [-0.1, -0.05) is 0 Å². The molecule has 2 rings (SSSR count). The fourth-order valence-electron chi connectivity index (χ4n) is 1.25. The Kier molecular flexibility index (Phi) is 3.12. The number of anilines is 1. The van der Waals surface area contributed by atoms with E-state index in [9.17, 15) is 8.42 Å². The molecule has 0 saturated heterocycles. The highest BCUT2D eigenvalue weighted by Gasteiger charge is 2.14. The molecule has 0 bridgehead atoms. The third kappa shape index (κ3) is 2.83. The molecule has 0 atom stereocenters. The van der Waals surface area contributed by atoms with Crippen LogP contribution in [0.5, 0.6) is 0 Å². The van der Waals surface area contributed by atoms with Crippen LogP contribution in [0.3, 0.4) is 0 Å². The van der Waals surface area contributed by atoms with Crippen molar-refractivity contribution < 1.29 is 12.8 Å². The minimum atomic E-state index is -3.57. The van der Waals surface area contributed by atoms with Crippen molar-refractivity contribution >= 4 is 15.8 Å². The van der Waals surface area contributed by atoms with E-state index in [0.717, 1.165) is 5.56 Å². The molecule has 17 heavy (non-hydrogen) atoms. The lowest BCUT2D eigenvalue weighted by molar-refractivity contribution is 0.561. The van der Waals surface area contributed by atoms with Gasteiger partial charge in [0.1, 0.15) is 5.82 Å². The zero-order chi connectivity index (χ0) is 12.3. The predicted molar refractivity (Wildman–Crippen MR) is 61.4 cm³/mol. The summed E-state index contributed by atoms with van der Waals surface area (Å²) < 4.78 is 31.0. The fourth-order valence-corrected chi connectivity index (χ4v) is 2.29. The molecule has 2 aromatic heterocycles. The molecule has 90 valence electrons. The summed E-state index contributed by atoms with van der Waals surface area (Å²) >= 11 is 0. The molecule has 0 aromatic carbocycles. The average molecular weight is 253 g/mol. The van der Waals surface area contributed by atoms with Gasteiger partial charge in [0.05, 0.1) is 17.4 Å². The van der Waals surface area contributed by atoms with E-state index in [1.54, 1.807) is 6.07 Å². The topological polar surface area (TPSA) is 98.2 Å². The van der Waals surface area contributed by atoms with Crippen LogP contribution in [0.1, 0.15) is 5.56 Å². The van der Waals surface area contributed by atoms with Crippen LogP contribution in [-0.4, -0.2) is 13.4 Å². The van der Waals surface area contributed by atoms with E-state index in [0.29, 0.717) is 0 Å². The molecule has 0 aliphatic heterocycles. The molecule has 2 heterocycles. The zero-order valence-electron chi connectivity index (χ0n) is 8.83. The standard InChI is InChI=1S/C10H11N3O3S/c11-10-5-9(1-3-12-10)17(14,15)13-6-8-2-4-16-7-8/h1-5,7,13H,6H2,(H2,11,12). The minimum absolute atomic E-state index is 0.0912. The normalized spacial score (nSPS) is 11.5. The van der Waals surface area contributed by atoms with Crippen molar-refractivity contribution in [2.45, 2.75) is 11.4 Å². The van der Waals surface area contributed by atoms with Crippen molar-refractivity contribution in [2.24, 2.45) is 0 Å². The van der Waals surface area contributed by atoms with Crippen LogP contribution in [-0.2, 0) is 16.6 Å². The summed E-state index contributed by atoms with van der Waals surface area (Å²) in [6, 6.07) is 4.37. The second-order valence-corrected chi connectivity index (χ2v) is 5.14. The summed E-state index contributed by atoms with van der Waals surface area (Å²) in [4.78, 5) is 3.83. The smallest absolute Gasteiger partial charge is 0.241 e. The molecule has 0 aliphatic carbocycles. The SMILES string of the molecule is Nc1cc(S(=O)(=O)NCc2ccoc2)ccn1. The van der Waals surface area contributed by atoms with Gasteiger partial charge in [-0.15, -0.1) is 0 Å². The van der Waals surface area contributed by atoms with Gasteiger partial charge in [-0.25, -0.2) is 18.1 Å². The van der Waals surface area contributed by atoms with Crippen LogP contribution in [0.2, 0.25) is 0 Å². The van der Waals surface area contributed by atoms with E-state index in [2.05, 4.69) is 9.71 Å². The summed E-state index contributed by atoms with van der Waals surface area (Å²) in [7, 11) is -3.57. The van der Waals surface area contributed by atoms with Crippen molar-refractivity contribution in [2.75, 3.05) is 5.73 Å². The maximum absolute atomic E-state index is 11.9. The Morgan fingerprint density at radius 3 is 2.88 bits per heavy atom. The number of pyridine rings is 1. The molecule has 2 aromatic rings. The Morgan fingerprint density at radius 2 is 2.24 bits per heavy atom. The Bertz CT molecular complexity index is 593. The summed E-state index contributed by atoms with van der Waals surface area (Å²) in [5, 5.41) is 0. The molecule has 0 saturated carbocycles. The predicted octanol–water partition coefficient (Wildman–Crippen LogP) is 0.735. The van der Waals surface area contributed by atoms with Gasteiger partial charge in [-0.2, -0.15) is 0 Å². The van der Waals surface area contributed by atoms with Crippen LogP contribution < -0.4 is 10.5 Å². The number of aromatic nitrogens is 1. The van der Waals surface area contributed by atoms with Crippen molar-refractivity contribution in [3.63, 3.8) is 0 Å². The largest absolute Gasteiger partial charge is 0.472 e. The number of nitrogen functional groups attached to an aromatic ring is 1. The Balaban J connectivity index is 2.14. The Morgan fingerprint density at radius 1 is 1.41 bits per heavy atom. The van der Waals surface area contributed by atoms with Crippen molar-refractivity contribution in [1.29, 1.82) is 0 Å². The van der Waals surface area contributed by atoms with Gasteiger partial charge in [0.15, 0.2) is 0 Å². The monoisotopic (exact) mass is 253 g/mol. The molecule has 0 aliphatic rings. The zero-order valence-corrected chi connectivity index (χ0v) is 9.65. The number of hydrogen-bond acceptors (Lipinski definition) is 5. The first-order valence-corrected chi connectivity index (χ1v) is 6.28. The van der Waals surface area contributed by atoms with E-state index in [-0.39, 0.29) is 17.3 Å². The highest BCUT2D eigenvalue weighted by Crippen LogP contribution is 2.11. The second-order valence-electron chi connectivity index (χ2n) is 3.37. The molecule has 0 spiro atoms. The maximum Gasteiger partial charge on any atom is 0.241 e. The van der Waals surface area contributed by atoms with E-state index in [1.165, 1.54) is 30.9 Å². The molecule has 6 nitrogen and oxygen atoms in total. The van der Waals surface area contributed by atoms with E-state index >= 15 is 0 Å². The lowest BCUT2D eigenvalue weighted by atomic mass is 10.4. The van der Waals surface area contributed by atoms with Crippen LogP contribution in [0.4, 0.5) is 5.82 Å². The third-order valence-electron chi connectivity index (χ3n) is 2.11. The number of sulfonamides is 1. The van der Waals surface area contributed by atoms with E-state index in [1.807, 2.05) is 0 Å². The first-order valence-electron chi connectivity index (χ1n) is 4.80. The number of furan rings is 1. The Labute approximate surface area is 98.5 Å². The van der Waals surface area contributed by atoms with Crippen molar-refractivity contribution in [1.82, 2.24) is 9.71 Å². The van der Waals surface area contributed by atoms with Gasteiger partial charge in [-0.3, -0.25) is 0 Å². The number of nitrogens with zero attached hydrogens (tertiary/aromatic N) is 1. The van der Waals surface area contributed by atoms with Crippen LogP contribution in [0, 0.1) is 0 Å². The summed E-state index contributed by atoms with van der Waals surface area (Å²) in [5.74, 6) is 0.163. The quantitative estimate of drug-likeness (QED) is 0.837. The highest BCUT2D eigenvalue weighted by atomic mass is 32.2. The van der Waals surface area contributed by atoms with Gasteiger partial charge < -0.3 is 10.2 Å². The third-order valence-corrected chi connectivity index (χ3v) is 3.51. The molecular weight excluding hydrogens is 242 g/mol. The number of nitrogens with one attached hydrogen (secondary N) is 1. The molecule has 7 heteroatoms. The number of nitrogens with two attached hydrogens (primary N) is 1. The van der Waals surface area contributed by atoms with Crippen LogP contribution >= 0.6 is 0 Å². The first kappa shape index (κ1) is 11.6. The van der Waals surface area contributed by atoms with Crippen LogP contribution in [0.25, 0.3) is 0 Å². The molecule has 0 unspecified atom stereocenters. The lowest BCUT2D eigenvalue weighted by Crippen LogP contribution is -2.23. The molecular formula is C10H11N3O3S. The van der Waals surface area contributed by atoms with Gasteiger partial charge in [-0.05, 0) is 12.1 Å². The number of rotatable bonds is 4. The molecule has 3 N–H and O–H groups in total. The van der Waals surface area contributed by atoms with Gasteiger partial charge in [0, 0.05) is 24.4 Å². The van der Waals surface area contributed by atoms with E-state index in [4.69, 9.17) is 10.2 Å².